The Labute approximate surface area is 171 Å². The Balaban J connectivity index is 0.000000396. The number of amides is 1. The van der Waals surface area contributed by atoms with Crippen LogP contribution in [0.5, 0.6) is 5.88 Å². The number of hydrogen-bond acceptors (Lipinski definition) is 6. The average Bonchev–Trinajstić information content (AvgIpc) is 3.09. The van der Waals surface area contributed by atoms with Gasteiger partial charge in [0.05, 0.1) is 12.2 Å². The van der Waals surface area contributed by atoms with E-state index in [1.165, 1.54) is 0 Å². The predicted molar refractivity (Wildman–Crippen MR) is 98.0 cm³/mol. The molecule has 1 amide bonds. The van der Waals surface area contributed by atoms with Crippen molar-refractivity contribution in [3.8, 4) is 5.88 Å². The second-order valence-electron chi connectivity index (χ2n) is 6.93. The Morgan fingerprint density at radius 1 is 1.33 bits per heavy atom. The molecule has 2 saturated heterocycles. The van der Waals surface area contributed by atoms with E-state index < -0.39 is 12.1 Å². The van der Waals surface area contributed by atoms with Crippen LogP contribution in [0.1, 0.15) is 26.2 Å². The van der Waals surface area contributed by atoms with Crippen LogP contribution in [0, 0.1) is 0 Å². The summed E-state index contributed by atoms with van der Waals surface area (Å²) in [5.41, 5.74) is -0.151. The predicted octanol–water partition coefficient (Wildman–Crippen LogP) is 2.28. The number of rotatable bonds is 5. The fourth-order valence-electron chi connectivity index (χ4n) is 3.26. The minimum Gasteiger partial charge on any atom is -0.475 e. The number of carboxylic acids is 1. The summed E-state index contributed by atoms with van der Waals surface area (Å²) in [5, 5.41) is 7.12. The van der Waals surface area contributed by atoms with Crippen LogP contribution in [0.15, 0.2) is 24.4 Å². The van der Waals surface area contributed by atoms with Gasteiger partial charge in [-0.3, -0.25) is 4.79 Å². The van der Waals surface area contributed by atoms with Crippen LogP contribution >= 0.6 is 0 Å². The number of alkyl halides is 3. The van der Waals surface area contributed by atoms with E-state index >= 15 is 0 Å². The number of ether oxygens (including phenoxy) is 3. The molecule has 0 saturated carbocycles. The van der Waals surface area contributed by atoms with Crippen LogP contribution in [0.3, 0.4) is 0 Å². The Morgan fingerprint density at radius 2 is 2.00 bits per heavy atom. The minimum absolute atomic E-state index is 0.0376. The molecule has 2 fully saturated rings. The molecule has 0 bridgehead atoms. The number of carbonyl (C=O) groups is 2. The van der Waals surface area contributed by atoms with E-state index in [1.807, 2.05) is 30.0 Å². The number of likely N-dealkylation sites (tertiary alicyclic amines) is 1. The fraction of sp³-hybridized carbons (Fsp3) is 0.632. The van der Waals surface area contributed by atoms with Gasteiger partial charge in [-0.25, -0.2) is 9.78 Å². The number of piperidine rings is 1. The van der Waals surface area contributed by atoms with E-state index in [-0.39, 0.29) is 24.2 Å². The maximum Gasteiger partial charge on any atom is 0.490 e. The van der Waals surface area contributed by atoms with Gasteiger partial charge in [0, 0.05) is 38.4 Å². The highest BCUT2D eigenvalue weighted by atomic mass is 19.4. The zero-order valence-corrected chi connectivity index (χ0v) is 16.6. The molecule has 1 aromatic heterocycles. The smallest absolute Gasteiger partial charge is 0.475 e. The highest BCUT2D eigenvalue weighted by molar-refractivity contribution is 5.77. The lowest BCUT2D eigenvalue weighted by molar-refractivity contribution is -0.192. The molecule has 11 heteroatoms. The molecule has 3 rings (SSSR count). The van der Waals surface area contributed by atoms with E-state index in [1.54, 1.807) is 6.20 Å². The van der Waals surface area contributed by atoms with Crippen LogP contribution in [0.2, 0.25) is 0 Å². The zero-order chi connectivity index (χ0) is 22.2. The Bertz CT molecular complexity index is 693. The van der Waals surface area contributed by atoms with Crippen molar-refractivity contribution < 1.29 is 42.1 Å². The third-order valence-electron chi connectivity index (χ3n) is 4.80. The van der Waals surface area contributed by atoms with E-state index in [4.69, 9.17) is 24.1 Å². The number of nitrogens with zero attached hydrogens (tertiary/aromatic N) is 2. The molecule has 1 atom stereocenters. The van der Waals surface area contributed by atoms with Crippen molar-refractivity contribution in [1.82, 2.24) is 9.88 Å². The maximum atomic E-state index is 12.0. The first-order valence-corrected chi connectivity index (χ1v) is 9.52. The lowest BCUT2D eigenvalue weighted by Crippen LogP contribution is -2.47. The van der Waals surface area contributed by atoms with Crippen LogP contribution in [0.25, 0.3) is 0 Å². The molecule has 1 aromatic rings. The summed E-state index contributed by atoms with van der Waals surface area (Å²) in [7, 11) is 0. The van der Waals surface area contributed by atoms with Crippen LogP contribution in [0.4, 0.5) is 13.2 Å². The van der Waals surface area contributed by atoms with Crippen LogP contribution in [-0.2, 0) is 19.1 Å². The second-order valence-corrected chi connectivity index (χ2v) is 6.93. The summed E-state index contributed by atoms with van der Waals surface area (Å²) >= 11 is 0. The second kappa shape index (κ2) is 10.6. The summed E-state index contributed by atoms with van der Waals surface area (Å²) in [6.07, 6.45) is -0.754. The summed E-state index contributed by atoms with van der Waals surface area (Å²) in [6.45, 7) is 4.68. The topological polar surface area (TPSA) is 98.2 Å². The molecule has 0 aromatic carbocycles. The van der Waals surface area contributed by atoms with Gasteiger partial charge >= 0.3 is 12.1 Å². The Hall–Kier alpha value is -2.40. The summed E-state index contributed by atoms with van der Waals surface area (Å²) in [4.78, 5) is 27.0. The largest absolute Gasteiger partial charge is 0.490 e. The molecule has 2 aliphatic heterocycles. The number of aliphatic carboxylic acids is 1. The van der Waals surface area contributed by atoms with Crippen molar-refractivity contribution in [2.24, 2.45) is 0 Å². The standard InChI is InChI=1S/C17H24N2O4.C2HF3O2/c1-2-21-13-16(20)19-9-6-17(7-10-19)11-14(12-22-17)23-15-5-3-4-8-18-15;3-2(4,5)1(6)7/h3-5,8,14H,2,6-7,9-13H2,1H3;(H,6,7). The Morgan fingerprint density at radius 3 is 2.53 bits per heavy atom. The van der Waals surface area contributed by atoms with Gasteiger partial charge in [0.1, 0.15) is 12.7 Å². The van der Waals surface area contributed by atoms with Gasteiger partial charge < -0.3 is 24.2 Å². The quantitative estimate of drug-likeness (QED) is 0.759. The maximum absolute atomic E-state index is 12.0. The van der Waals surface area contributed by atoms with Gasteiger partial charge in [0.2, 0.25) is 11.8 Å². The molecule has 8 nitrogen and oxygen atoms in total. The monoisotopic (exact) mass is 434 g/mol. The lowest BCUT2D eigenvalue weighted by Gasteiger charge is -2.38. The minimum atomic E-state index is -5.08. The van der Waals surface area contributed by atoms with E-state index in [0.29, 0.717) is 19.1 Å². The summed E-state index contributed by atoms with van der Waals surface area (Å²) in [5.74, 6) is -2.05. The molecular weight excluding hydrogens is 409 g/mol. The van der Waals surface area contributed by atoms with E-state index in [9.17, 15) is 18.0 Å². The molecule has 1 unspecified atom stereocenters. The lowest BCUT2D eigenvalue weighted by atomic mass is 9.88. The molecule has 2 aliphatic rings. The SMILES string of the molecule is CCOCC(=O)N1CCC2(CC1)CC(Oc1ccccn1)CO2.O=C(O)C(F)(F)F. The number of carboxylic acid groups (broad SMARTS) is 1. The summed E-state index contributed by atoms with van der Waals surface area (Å²) in [6, 6.07) is 5.64. The number of pyridine rings is 1. The number of hydrogen-bond donors (Lipinski definition) is 1. The molecule has 1 spiro atoms. The molecule has 168 valence electrons. The van der Waals surface area contributed by atoms with Gasteiger partial charge in [0.15, 0.2) is 0 Å². The van der Waals surface area contributed by atoms with Crippen molar-refractivity contribution >= 4 is 11.9 Å². The van der Waals surface area contributed by atoms with Crippen LogP contribution in [-0.4, -0.2) is 77.7 Å². The first kappa shape index (κ1) is 23.9. The van der Waals surface area contributed by atoms with Gasteiger partial charge in [0.25, 0.3) is 0 Å². The first-order valence-electron chi connectivity index (χ1n) is 9.52. The van der Waals surface area contributed by atoms with Gasteiger partial charge in [-0.15, -0.1) is 0 Å². The van der Waals surface area contributed by atoms with Gasteiger partial charge in [-0.2, -0.15) is 13.2 Å². The van der Waals surface area contributed by atoms with Crippen molar-refractivity contribution in [3.05, 3.63) is 24.4 Å². The number of halogens is 3. The first-order chi connectivity index (χ1) is 14.1. The van der Waals surface area contributed by atoms with E-state index in [2.05, 4.69) is 4.98 Å². The average molecular weight is 434 g/mol. The molecule has 0 aliphatic carbocycles. The molecule has 3 heterocycles. The molecular formula is C19H25F3N2O6. The molecule has 1 N–H and O–H groups in total. The van der Waals surface area contributed by atoms with Gasteiger partial charge in [-0.1, -0.05) is 6.07 Å². The third-order valence-corrected chi connectivity index (χ3v) is 4.80. The third kappa shape index (κ3) is 7.13. The van der Waals surface area contributed by atoms with Crippen molar-refractivity contribution in [2.45, 2.75) is 44.1 Å². The van der Waals surface area contributed by atoms with Crippen molar-refractivity contribution in [3.63, 3.8) is 0 Å². The Kier molecular flexibility index (Phi) is 8.42. The molecule has 30 heavy (non-hydrogen) atoms. The normalized spacial score (nSPS) is 20.4. The number of carbonyl (C=O) groups excluding carboxylic acids is 1. The summed E-state index contributed by atoms with van der Waals surface area (Å²) < 4.78 is 48.9. The fourth-order valence-corrected chi connectivity index (χ4v) is 3.26. The van der Waals surface area contributed by atoms with Crippen molar-refractivity contribution in [2.75, 3.05) is 32.9 Å². The van der Waals surface area contributed by atoms with Gasteiger partial charge in [-0.05, 0) is 25.8 Å². The molecule has 0 radical (unpaired) electrons. The van der Waals surface area contributed by atoms with Crippen molar-refractivity contribution in [1.29, 1.82) is 0 Å². The number of aromatic nitrogens is 1. The highest BCUT2D eigenvalue weighted by Gasteiger charge is 2.44. The van der Waals surface area contributed by atoms with E-state index in [0.717, 1.165) is 32.4 Å². The van der Waals surface area contributed by atoms with Crippen LogP contribution < -0.4 is 4.74 Å². The highest BCUT2D eigenvalue weighted by Crippen LogP contribution is 2.37. The zero-order valence-electron chi connectivity index (χ0n) is 16.6.